The smallest absolute Gasteiger partial charge is 0.240 e. The maximum atomic E-state index is 12.4. The van der Waals surface area contributed by atoms with Crippen molar-refractivity contribution >= 4 is 10.0 Å². The van der Waals surface area contributed by atoms with Gasteiger partial charge in [0.15, 0.2) is 0 Å². The van der Waals surface area contributed by atoms with Gasteiger partial charge in [0.1, 0.15) is 0 Å². The molecule has 0 aromatic heterocycles. The van der Waals surface area contributed by atoms with Crippen molar-refractivity contribution in [2.75, 3.05) is 26.3 Å². The summed E-state index contributed by atoms with van der Waals surface area (Å²) in [4.78, 5) is 2.60. The van der Waals surface area contributed by atoms with Gasteiger partial charge in [0.2, 0.25) is 10.0 Å². The Bertz CT molecular complexity index is 740. The van der Waals surface area contributed by atoms with Crippen LogP contribution < -0.4 is 4.72 Å². The van der Waals surface area contributed by atoms with Crippen LogP contribution >= 0.6 is 0 Å². The van der Waals surface area contributed by atoms with E-state index in [4.69, 9.17) is 4.74 Å². The molecule has 0 aliphatic carbocycles. The maximum Gasteiger partial charge on any atom is 0.240 e. The Balaban J connectivity index is 1.61. The lowest BCUT2D eigenvalue weighted by Gasteiger charge is -2.26. The number of hydrogen-bond donors (Lipinski definition) is 1. The molecule has 5 nitrogen and oxygen atoms in total. The fourth-order valence-corrected chi connectivity index (χ4v) is 3.67. The first kappa shape index (κ1) is 17.1. The highest BCUT2D eigenvalue weighted by atomic mass is 32.2. The molecule has 24 heavy (non-hydrogen) atoms. The predicted molar refractivity (Wildman–Crippen MR) is 93.0 cm³/mol. The Morgan fingerprint density at radius 3 is 2.25 bits per heavy atom. The van der Waals surface area contributed by atoms with Crippen LogP contribution in [0.5, 0.6) is 0 Å². The molecular weight excluding hydrogens is 324 g/mol. The molecule has 1 saturated heterocycles. The van der Waals surface area contributed by atoms with Crippen LogP contribution in [0.4, 0.5) is 0 Å². The number of nitrogens with one attached hydrogen (secondary N) is 1. The minimum atomic E-state index is -3.49. The van der Waals surface area contributed by atoms with Crippen LogP contribution in [-0.2, 0) is 27.8 Å². The molecular formula is C18H22N2O3S. The number of sulfonamides is 1. The van der Waals surface area contributed by atoms with Gasteiger partial charge in [0, 0.05) is 26.2 Å². The van der Waals surface area contributed by atoms with Crippen LogP contribution in [0.1, 0.15) is 11.1 Å². The molecule has 2 aromatic carbocycles. The Kier molecular flexibility index (Phi) is 5.63. The van der Waals surface area contributed by atoms with Crippen LogP contribution in [0, 0.1) is 0 Å². The topological polar surface area (TPSA) is 58.6 Å². The van der Waals surface area contributed by atoms with Gasteiger partial charge in [-0.15, -0.1) is 0 Å². The van der Waals surface area contributed by atoms with Crippen molar-refractivity contribution in [2.24, 2.45) is 0 Å². The van der Waals surface area contributed by atoms with Crippen molar-refractivity contribution < 1.29 is 13.2 Å². The number of nitrogens with zero attached hydrogens (tertiary/aromatic N) is 1. The summed E-state index contributed by atoms with van der Waals surface area (Å²) in [7, 11) is -3.49. The fraction of sp³-hybridized carbons (Fsp3) is 0.333. The summed E-state index contributed by atoms with van der Waals surface area (Å²) in [5.74, 6) is 0. The highest BCUT2D eigenvalue weighted by Gasteiger charge is 2.15. The standard InChI is InChI=1S/C18H22N2O3S/c21-24(22,19-14-16-4-2-1-3-5-16)18-8-6-17(7-9-18)15-20-10-12-23-13-11-20/h1-9,19H,10-15H2. The van der Waals surface area contributed by atoms with Crippen LogP contribution in [0.3, 0.4) is 0 Å². The molecule has 0 atom stereocenters. The van der Waals surface area contributed by atoms with E-state index in [1.165, 1.54) is 0 Å². The maximum absolute atomic E-state index is 12.4. The summed E-state index contributed by atoms with van der Waals surface area (Å²) in [6.07, 6.45) is 0. The number of morpholine rings is 1. The second-order valence-electron chi connectivity index (χ2n) is 5.84. The molecule has 0 bridgehead atoms. The molecule has 0 radical (unpaired) electrons. The predicted octanol–water partition coefficient (Wildman–Crippen LogP) is 2.00. The lowest BCUT2D eigenvalue weighted by Crippen LogP contribution is -2.35. The van der Waals surface area contributed by atoms with E-state index in [0.29, 0.717) is 11.4 Å². The zero-order valence-electron chi connectivity index (χ0n) is 13.5. The van der Waals surface area contributed by atoms with Gasteiger partial charge in [0.05, 0.1) is 18.1 Å². The van der Waals surface area contributed by atoms with Gasteiger partial charge >= 0.3 is 0 Å². The lowest BCUT2D eigenvalue weighted by molar-refractivity contribution is 0.0342. The summed E-state index contributed by atoms with van der Waals surface area (Å²) in [5.41, 5.74) is 2.05. The minimum Gasteiger partial charge on any atom is -0.379 e. The first-order valence-corrected chi connectivity index (χ1v) is 9.54. The molecule has 1 N–H and O–H groups in total. The van der Waals surface area contributed by atoms with Gasteiger partial charge in [-0.25, -0.2) is 13.1 Å². The van der Waals surface area contributed by atoms with Crippen molar-refractivity contribution in [1.29, 1.82) is 0 Å². The first-order valence-electron chi connectivity index (χ1n) is 8.06. The number of rotatable bonds is 6. The van der Waals surface area contributed by atoms with Crippen molar-refractivity contribution in [2.45, 2.75) is 18.0 Å². The van der Waals surface area contributed by atoms with Crippen LogP contribution in [0.15, 0.2) is 59.5 Å². The normalized spacial score (nSPS) is 16.2. The average Bonchev–Trinajstić information content (AvgIpc) is 2.62. The van der Waals surface area contributed by atoms with Crippen LogP contribution in [0.25, 0.3) is 0 Å². The zero-order valence-corrected chi connectivity index (χ0v) is 14.3. The van der Waals surface area contributed by atoms with E-state index < -0.39 is 10.0 Å². The summed E-state index contributed by atoms with van der Waals surface area (Å²) in [6.45, 7) is 4.46. The van der Waals surface area contributed by atoms with Gasteiger partial charge < -0.3 is 4.74 Å². The van der Waals surface area contributed by atoms with E-state index in [2.05, 4.69) is 9.62 Å². The van der Waals surface area contributed by atoms with Crippen molar-refractivity contribution in [1.82, 2.24) is 9.62 Å². The van der Waals surface area contributed by atoms with E-state index in [-0.39, 0.29) is 0 Å². The summed E-state index contributed by atoms with van der Waals surface area (Å²) < 4.78 is 32.7. The Morgan fingerprint density at radius 2 is 1.58 bits per heavy atom. The van der Waals surface area contributed by atoms with Gasteiger partial charge in [-0.2, -0.15) is 0 Å². The van der Waals surface area contributed by atoms with E-state index >= 15 is 0 Å². The summed E-state index contributed by atoms with van der Waals surface area (Å²) >= 11 is 0. The second-order valence-corrected chi connectivity index (χ2v) is 7.61. The fourth-order valence-electron chi connectivity index (χ4n) is 2.65. The minimum absolute atomic E-state index is 0.290. The first-order chi connectivity index (χ1) is 11.6. The van der Waals surface area contributed by atoms with Crippen molar-refractivity contribution in [3.05, 3.63) is 65.7 Å². The molecule has 0 spiro atoms. The molecule has 1 aliphatic heterocycles. The molecule has 0 saturated carbocycles. The number of benzene rings is 2. The molecule has 0 unspecified atom stereocenters. The van der Waals surface area contributed by atoms with Gasteiger partial charge in [-0.1, -0.05) is 42.5 Å². The van der Waals surface area contributed by atoms with Crippen LogP contribution in [0.2, 0.25) is 0 Å². The molecule has 128 valence electrons. The Morgan fingerprint density at radius 1 is 0.917 bits per heavy atom. The van der Waals surface area contributed by atoms with Gasteiger partial charge in [-0.05, 0) is 23.3 Å². The quantitative estimate of drug-likeness (QED) is 0.869. The summed E-state index contributed by atoms with van der Waals surface area (Å²) in [6, 6.07) is 16.6. The third kappa shape index (κ3) is 4.64. The van der Waals surface area contributed by atoms with Crippen molar-refractivity contribution in [3.63, 3.8) is 0 Å². The van der Waals surface area contributed by atoms with E-state index in [0.717, 1.165) is 44.0 Å². The zero-order chi connectivity index (χ0) is 16.8. The van der Waals surface area contributed by atoms with Gasteiger partial charge in [0.25, 0.3) is 0 Å². The Hall–Kier alpha value is -1.73. The highest BCUT2D eigenvalue weighted by molar-refractivity contribution is 7.89. The molecule has 6 heteroatoms. The molecule has 3 rings (SSSR count). The third-order valence-corrected chi connectivity index (χ3v) is 5.47. The SMILES string of the molecule is O=S(=O)(NCc1ccccc1)c1ccc(CN2CCOCC2)cc1. The number of hydrogen-bond acceptors (Lipinski definition) is 4. The van der Waals surface area contributed by atoms with Crippen LogP contribution in [-0.4, -0.2) is 39.6 Å². The molecule has 1 aliphatic rings. The molecule has 2 aromatic rings. The van der Waals surface area contributed by atoms with E-state index in [1.807, 2.05) is 42.5 Å². The second kappa shape index (κ2) is 7.90. The molecule has 0 amide bonds. The highest BCUT2D eigenvalue weighted by Crippen LogP contribution is 2.13. The average molecular weight is 346 g/mol. The molecule has 1 fully saturated rings. The largest absolute Gasteiger partial charge is 0.379 e. The lowest BCUT2D eigenvalue weighted by atomic mass is 10.2. The Labute approximate surface area is 143 Å². The monoisotopic (exact) mass is 346 g/mol. The number of ether oxygens (including phenoxy) is 1. The third-order valence-electron chi connectivity index (χ3n) is 4.05. The van der Waals surface area contributed by atoms with Crippen molar-refractivity contribution in [3.8, 4) is 0 Å². The van der Waals surface area contributed by atoms with E-state index in [9.17, 15) is 8.42 Å². The van der Waals surface area contributed by atoms with Gasteiger partial charge in [-0.3, -0.25) is 4.90 Å². The summed E-state index contributed by atoms with van der Waals surface area (Å²) in [5, 5.41) is 0. The molecule has 1 heterocycles. The van der Waals surface area contributed by atoms with E-state index in [1.54, 1.807) is 12.1 Å².